The summed E-state index contributed by atoms with van der Waals surface area (Å²) in [4.78, 5) is 15.2. The third-order valence-electron chi connectivity index (χ3n) is 3.03. The lowest BCUT2D eigenvalue weighted by atomic mass is 10.2. The lowest BCUT2D eigenvalue weighted by Crippen LogP contribution is -2.26. The molecule has 0 bridgehead atoms. The highest BCUT2D eigenvalue weighted by Crippen LogP contribution is 2.16. The summed E-state index contributed by atoms with van der Waals surface area (Å²) >= 11 is 6.09. The van der Waals surface area contributed by atoms with Crippen LogP contribution in [0.4, 0.5) is 0 Å². The largest absolute Gasteiger partial charge is 0.341 e. The molecule has 1 heterocycles. The number of benzene rings is 1. The average molecular weight is 293 g/mol. The minimum Gasteiger partial charge on any atom is -0.341 e. The van der Waals surface area contributed by atoms with Gasteiger partial charge < -0.3 is 4.90 Å². The maximum atomic E-state index is 12.1. The Balaban J connectivity index is 1.87. The van der Waals surface area contributed by atoms with Gasteiger partial charge in [-0.05, 0) is 11.6 Å². The van der Waals surface area contributed by atoms with Crippen LogP contribution in [-0.2, 0) is 24.8 Å². The quantitative estimate of drug-likeness (QED) is 0.847. The predicted molar refractivity (Wildman–Crippen MR) is 77.3 cm³/mol. The molecule has 2 rings (SSSR count). The molecular weight excluding hydrogens is 276 g/mol. The smallest absolute Gasteiger partial charge is 0.223 e. The Bertz CT molecular complexity index is 596. The second-order valence-electron chi connectivity index (χ2n) is 4.67. The number of carbonyl (C=O) groups excluding carboxylic acids is 1. The van der Waals surface area contributed by atoms with Crippen molar-refractivity contribution in [2.75, 3.05) is 7.05 Å². The Kier molecular flexibility index (Phi) is 4.74. The number of aromatic nitrogens is 3. The molecule has 20 heavy (non-hydrogen) atoms. The number of rotatable bonds is 5. The van der Waals surface area contributed by atoms with Gasteiger partial charge in [-0.25, -0.2) is 0 Å². The van der Waals surface area contributed by atoms with Crippen molar-refractivity contribution in [1.29, 1.82) is 0 Å². The molecule has 2 aromatic rings. The highest BCUT2D eigenvalue weighted by atomic mass is 35.5. The van der Waals surface area contributed by atoms with E-state index in [-0.39, 0.29) is 5.91 Å². The van der Waals surface area contributed by atoms with Gasteiger partial charge >= 0.3 is 0 Å². The van der Waals surface area contributed by atoms with Crippen LogP contribution < -0.4 is 0 Å². The van der Waals surface area contributed by atoms with Gasteiger partial charge in [0.1, 0.15) is 0 Å². The zero-order valence-corrected chi connectivity index (χ0v) is 12.3. The van der Waals surface area contributed by atoms with Crippen LogP contribution in [0.1, 0.15) is 17.7 Å². The molecule has 5 nitrogen and oxygen atoms in total. The summed E-state index contributed by atoms with van der Waals surface area (Å²) in [6, 6.07) is 7.55. The summed E-state index contributed by atoms with van der Waals surface area (Å²) in [7, 11) is 3.54. The number of carbonyl (C=O) groups is 1. The monoisotopic (exact) mass is 292 g/mol. The van der Waals surface area contributed by atoms with Crippen molar-refractivity contribution in [2.45, 2.75) is 19.4 Å². The summed E-state index contributed by atoms with van der Waals surface area (Å²) in [5.41, 5.74) is 1.77. The van der Waals surface area contributed by atoms with E-state index in [0.29, 0.717) is 24.4 Å². The standard InChI is InChI=1S/C14H17ClN4O/c1-18(10-11-5-3-4-6-13(11)15)14(20)8-7-12-9-16-19(2)17-12/h3-6,9H,7-8,10H2,1-2H3. The molecule has 0 unspecified atom stereocenters. The van der Waals surface area contributed by atoms with E-state index in [4.69, 9.17) is 11.6 Å². The van der Waals surface area contributed by atoms with Crippen LogP contribution in [0.5, 0.6) is 0 Å². The number of amides is 1. The molecule has 1 aromatic carbocycles. The molecule has 0 aliphatic carbocycles. The van der Waals surface area contributed by atoms with Crippen molar-refractivity contribution in [2.24, 2.45) is 7.05 Å². The lowest BCUT2D eigenvalue weighted by molar-refractivity contribution is -0.130. The van der Waals surface area contributed by atoms with Crippen LogP contribution >= 0.6 is 11.6 Å². The molecule has 0 radical (unpaired) electrons. The van der Waals surface area contributed by atoms with Crippen molar-refractivity contribution < 1.29 is 4.79 Å². The first-order valence-corrected chi connectivity index (χ1v) is 6.76. The van der Waals surface area contributed by atoms with E-state index in [1.165, 1.54) is 4.80 Å². The molecule has 0 saturated carbocycles. The Hall–Kier alpha value is -1.88. The molecule has 0 saturated heterocycles. The summed E-state index contributed by atoms with van der Waals surface area (Å²) in [6.07, 6.45) is 2.69. The molecule has 0 aliphatic heterocycles. The Morgan fingerprint density at radius 3 is 2.80 bits per heavy atom. The molecule has 0 fully saturated rings. The van der Waals surface area contributed by atoms with E-state index in [1.807, 2.05) is 24.3 Å². The summed E-state index contributed by atoms with van der Waals surface area (Å²) in [5.74, 6) is 0.0653. The maximum absolute atomic E-state index is 12.1. The Morgan fingerprint density at radius 2 is 2.15 bits per heavy atom. The van der Waals surface area contributed by atoms with Crippen molar-refractivity contribution in [1.82, 2.24) is 19.9 Å². The van der Waals surface area contributed by atoms with Gasteiger partial charge in [0.15, 0.2) is 0 Å². The third kappa shape index (κ3) is 3.81. The SMILES string of the molecule is CN(Cc1ccccc1Cl)C(=O)CCc1cnn(C)n1. The van der Waals surface area contributed by atoms with Crippen molar-refractivity contribution in [3.8, 4) is 0 Å². The topological polar surface area (TPSA) is 51.0 Å². The summed E-state index contributed by atoms with van der Waals surface area (Å²) < 4.78 is 0. The number of hydrogen-bond donors (Lipinski definition) is 0. The molecule has 106 valence electrons. The normalized spacial score (nSPS) is 10.6. The minimum atomic E-state index is 0.0653. The molecule has 0 N–H and O–H groups in total. The van der Waals surface area contributed by atoms with Crippen molar-refractivity contribution in [3.63, 3.8) is 0 Å². The summed E-state index contributed by atoms with van der Waals surface area (Å²) in [6.45, 7) is 0.513. The van der Waals surface area contributed by atoms with E-state index in [9.17, 15) is 4.79 Å². The van der Waals surface area contributed by atoms with Gasteiger partial charge in [-0.2, -0.15) is 15.0 Å². The third-order valence-corrected chi connectivity index (χ3v) is 3.40. The van der Waals surface area contributed by atoms with Gasteiger partial charge in [0.05, 0.1) is 11.9 Å². The molecule has 0 spiro atoms. The van der Waals surface area contributed by atoms with E-state index in [1.54, 1.807) is 25.2 Å². The molecule has 6 heteroatoms. The number of nitrogens with zero attached hydrogens (tertiary/aromatic N) is 4. The van der Waals surface area contributed by atoms with Crippen LogP contribution in [0.25, 0.3) is 0 Å². The number of hydrogen-bond acceptors (Lipinski definition) is 3. The van der Waals surface area contributed by atoms with Crippen LogP contribution in [0.2, 0.25) is 5.02 Å². The van der Waals surface area contributed by atoms with E-state index in [0.717, 1.165) is 11.3 Å². The minimum absolute atomic E-state index is 0.0653. The van der Waals surface area contributed by atoms with Crippen LogP contribution in [-0.4, -0.2) is 32.8 Å². The van der Waals surface area contributed by atoms with Crippen molar-refractivity contribution in [3.05, 3.63) is 46.7 Å². The Morgan fingerprint density at radius 1 is 1.40 bits per heavy atom. The predicted octanol–water partition coefficient (Wildman–Crippen LogP) is 2.06. The summed E-state index contributed by atoms with van der Waals surface area (Å²) in [5, 5.41) is 8.82. The molecule has 1 aromatic heterocycles. The highest BCUT2D eigenvalue weighted by molar-refractivity contribution is 6.31. The average Bonchev–Trinajstić information content (AvgIpc) is 2.84. The van der Waals surface area contributed by atoms with Crippen LogP contribution in [0.3, 0.4) is 0 Å². The van der Waals surface area contributed by atoms with Gasteiger partial charge in [0.2, 0.25) is 5.91 Å². The first-order valence-electron chi connectivity index (χ1n) is 6.39. The lowest BCUT2D eigenvalue weighted by Gasteiger charge is -2.17. The molecular formula is C14H17ClN4O. The fourth-order valence-electron chi connectivity index (χ4n) is 1.90. The van der Waals surface area contributed by atoms with Gasteiger partial charge in [-0.1, -0.05) is 29.8 Å². The Labute approximate surface area is 123 Å². The highest BCUT2D eigenvalue weighted by Gasteiger charge is 2.11. The van der Waals surface area contributed by atoms with Gasteiger partial charge in [-0.15, -0.1) is 0 Å². The first kappa shape index (κ1) is 14.5. The second-order valence-corrected chi connectivity index (χ2v) is 5.07. The zero-order chi connectivity index (χ0) is 14.5. The number of halogens is 1. The van der Waals surface area contributed by atoms with Gasteiger partial charge in [0.25, 0.3) is 0 Å². The second kappa shape index (κ2) is 6.52. The van der Waals surface area contributed by atoms with E-state index >= 15 is 0 Å². The van der Waals surface area contributed by atoms with Gasteiger partial charge in [-0.3, -0.25) is 4.79 Å². The van der Waals surface area contributed by atoms with E-state index < -0.39 is 0 Å². The molecule has 0 atom stereocenters. The zero-order valence-electron chi connectivity index (χ0n) is 11.6. The molecule has 0 aliphatic rings. The van der Waals surface area contributed by atoms with Crippen LogP contribution in [0.15, 0.2) is 30.5 Å². The fourth-order valence-corrected chi connectivity index (χ4v) is 2.09. The van der Waals surface area contributed by atoms with Gasteiger partial charge in [0, 0.05) is 38.5 Å². The number of aryl methyl sites for hydroxylation is 2. The van der Waals surface area contributed by atoms with E-state index in [2.05, 4.69) is 10.2 Å². The fraction of sp³-hybridized carbons (Fsp3) is 0.357. The molecule has 1 amide bonds. The first-order chi connectivity index (χ1) is 9.56. The van der Waals surface area contributed by atoms with Crippen LogP contribution in [0, 0.1) is 0 Å². The maximum Gasteiger partial charge on any atom is 0.223 e. The van der Waals surface area contributed by atoms with Crippen molar-refractivity contribution >= 4 is 17.5 Å².